The number of ether oxygens (including phenoxy) is 2. The molecule has 0 bridgehead atoms. The third-order valence-corrected chi connectivity index (χ3v) is 4.16. The Balaban J connectivity index is 0.00000420. The molecule has 0 aliphatic carbocycles. The van der Waals surface area contributed by atoms with Crippen molar-refractivity contribution < 1.29 is 14.6 Å². The molecule has 29 heavy (non-hydrogen) atoms. The zero-order valence-corrected chi connectivity index (χ0v) is 19.7. The van der Waals surface area contributed by atoms with Gasteiger partial charge in [-0.05, 0) is 62.1 Å². The molecule has 0 aliphatic heterocycles. The lowest BCUT2D eigenvalue weighted by atomic mass is 10.1. The normalized spacial score (nSPS) is 10.8. The molecule has 0 spiro atoms. The summed E-state index contributed by atoms with van der Waals surface area (Å²) in [4.78, 5) is 4.60. The van der Waals surface area contributed by atoms with Crippen LogP contribution in [-0.4, -0.2) is 37.9 Å². The van der Waals surface area contributed by atoms with Crippen molar-refractivity contribution in [3.05, 3.63) is 53.6 Å². The lowest BCUT2D eigenvalue weighted by Crippen LogP contribution is -2.37. The number of guanidine groups is 1. The van der Waals surface area contributed by atoms with Crippen molar-refractivity contribution in [2.24, 2.45) is 4.99 Å². The van der Waals surface area contributed by atoms with Crippen LogP contribution < -0.4 is 20.1 Å². The highest BCUT2D eigenvalue weighted by Gasteiger charge is 2.05. The molecule has 0 saturated carbocycles. The number of hydrogen-bond donors (Lipinski definition) is 3. The summed E-state index contributed by atoms with van der Waals surface area (Å²) in [5.74, 6) is 2.61. The third kappa shape index (κ3) is 8.81. The topological polar surface area (TPSA) is 75.1 Å². The van der Waals surface area contributed by atoms with Gasteiger partial charge in [0.1, 0.15) is 5.75 Å². The highest BCUT2D eigenvalue weighted by atomic mass is 127. The number of aromatic hydroxyl groups is 1. The molecule has 0 unspecified atom stereocenters. The first-order valence-electron chi connectivity index (χ1n) is 9.76. The minimum absolute atomic E-state index is 0. The Labute approximate surface area is 190 Å². The van der Waals surface area contributed by atoms with E-state index in [0.717, 1.165) is 49.0 Å². The maximum absolute atomic E-state index is 9.36. The quantitative estimate of drug-likeness (QED) is 0.193. The van der Waals surface area contributed by atoms with Crippen LogP contribution in [0.2, 0.25) is 0 Å². The molecular weight excluding hydrogens is 481 g/mol. The average molecular weight is 513 g/mol. The molecule has 0 atom stereocenters. The highest BCUT2D eigenvalue weighted by Crippen LogP contribution is 2.28. The minimum atomic E-state index is 0. The number of aryl methyl sites for hydroxylation is 1. The van der Waals surface area contributed by atoms with Gasteiger partial charge in [0.15, 0.2) is 17.5 Å². The van der Waals surface area contributed by atoms with E-state index in [1.807, 2.05) is 38.1 Å². The predicted octanol–water partition coefficient (Wildman–Crippen LogP) is 4.11. The molecule has 7 heteroatoms. The molecule has 2 rings (SSSR count). The third-order valence-electron chi connectivity index (χ3n) is 4.16. The van der Waals surface area contributed by atoms with E-state index >= 15 is 0 Å². The summed E-state index contributed by atoms with van der Waals surface area (Å²) in [6.07, 6.45) is 1.91. The number of nitrogens with one attached hydrogen (secondary N) is 2. The Hall–Kier alpha value is -2.16. The van der Waals surface area contributed by atoms with Gasteiger partial charge in [0.2, 0.25) is 0 Å². The van der Waals surface area contributed by atoms with Gasteiger partial charge in [0.25, 0.3) is 0 Å². The molecule has 0 aliphatic rings. The number of phenols is 1. The number of methoxy groups -OCH3 is 1. The number of phenolic OH excluding ortho intramolecular Hbond substituents is 1. The van der Waals surface area contributed by atoms with Crippen LogP contribution >= 0.6 is 24.0 Å². The highest BCUT2D eigenvalue weighted by molar-refractivity contribution is 14.0. The van der Waals surface area contributed by atoms with Gasteiger partial charge in [0, 0.05) is 13.1 Å². The van der Waals surface area contributed by atoms with Crippen molar-refractivity contribution in [2.75, 3.05) is 26.8 Å². The monoisotopic (exact) mass is 513 g/mol. The van der Waals surface area contributed by atoms with Crippen LogP contribution in [0.4, 0.5) is 0 Å². The standard InChI is InChI=1S/C22H31N3O3.HI/c1-4-23-22(25-16-18-8-11-19(26)12-9-18)24-14-6-7-17-10-13-20(27-3)21(15-17)28-5-2;/h8-13,15,26H,4-7,14,16H2,1-3H3,(H2,23,24,25);1H. The first-order chi connectivity index (χ1) is 13.7. The summed E-state index contributed by atoms with van der Waals surface area (Å²) in [7, 11) is 1.65. The van der Waals surface area contributed by atoms with E-state index in [9.17, 15) is 5.11 Å². The van der Waals surface area contributed by atoms with E-state index in [1.165, 1.54) is 5.56 Å². The van der Waals surface area contributed by atoms with Crippen LogP contribution in [-0.2, 0) is 13.0 Å². The summed E-state index contributed by atoms with van der Waals surface area (Å²) in [6, 6.07) is 13.2. The minimum Gasteiger partial charge on any atom is -0.508 e. The van der Waals surface area contributed by atoms with Crippen LogP contribution in [0.15, 0.2) is 47.5 Å². The number of aliphatic imine (C=N–C) groups is 1. The van der Waals surface area contributed by atoms with Crippen molar-refractivity contribution in [3.8, 4) is 17.2 Å². The molecule has 3 N–H and O–H groups in total. The Bertz CT molecular complexity index is 751. The van der Waals surface area contributed by atoms with E-state index in [1.54, 1.807) is 19.2 Å². The molecule has 0 saturated heterocycles. The summed E-state index contributed by atoms with van der Waals surface area (Å²) in [5.41, 5.74) is 2.27. The fourth-order valence-electron chi connectivity index (χ4n) is 2.76. The van der Waals surface area contributed by atoms with Gasteiger partial charge in [-0.2, -0.15) is 0 Å². The van der Waals surface area contributed by atoms with Crippen LogP contribution in [0.25, 0.3) is 0 Å². The molecule has 0 heterocycles. The van der Waals surface area contributed by atoms with E-state index < -0.39 is 0 Å². The maximum atomic E-state index is 9.36. The zero-order chi connectivity index (χ0) is 20.2. The summed E-state index contributed by atoms with van der Waals surface area (Å²) >= 11 is 0. The second-order valence-electron chi connectivity index (χ2n) is 6.31. The van der Waals surface area contributed by atoms with Crippen LogP contribution in [0.5, 0.6) is 17.2 Å². The smallest absolute Gasteiger partial charge is 0.191 e. The fourth-order valence-corrected chi connectivity index (χ4v) is 2.76. The lowest BCUT2D eigenvalue weighted by Gasteiger charge is -2.13. The molecule has 0 aromatic heterocycles. The maximum Gasteiger partial charge on any atom is 0.191 e. The Morgan fingerprint density at radius 2 is 1.72 bits per heavy atom. The summed E-state index contributed by atoms with van der Waals surface area (Å²) in [6.45, 7) is 6.81. The van der Waals surface area contributed by atoms with E-state index in [4.69, 9.17) is 9.47 Å². The SMILES string of the molecule is CCNC(=NCc1ccc(O)cc1)NCCCc1ccc(OC)c(OCC)c1.I. The van der Waals surface area contributed by atoms with Crippen LogP contribution in [0.3, 0.4) is 0 Å². The average Bonchev–Trinajstić information content (AvgIpc) is 2.71. The van der Waals surface area contributed by atoms with E-state index in [0.29, 0.717) is 13.2 Å². The van der Waals surface area contributed by atoms with Crippen LogP contribution in [0, 0.1) is 0 Å². The number of nitrogens with zero attached hydrogens (tertiary/aromatic N) is 1. The lowest BCUT2D eigenvalue weighted by molar-refractivity contribution is 0.310. The van der Waals surface area contributed by atoms with Crippen molar-refractivity contribution in [3.63, 3.8) is 0 Å². The van der Waals surface area contributed by atoms with E-state index in [2.05, 4.69) is 21.7 Å². The molecular formula is C22H32IN3O3. The summed E-state index contributed by atoms with van der Waals surface area (Å²) < 4.78 is 11.0. The van der Waals surface area contributed by atoms with Gasteiger partial charge >= 0.3 is 0 Å². The molecule has 2 aromatic rings. The van der Waals surface area contributed by atoms with Crippen molar-refractivity contribution in [2.45, 2.75) is 33.2 Å². The fraction of sp³-hybridized carbons (Fsp3) is 0.409. The first-order valence-corrected chi connectivity index (χ1v) is 9.76. The van der Waals surface area contributed by atoms with Crippen molar-refractivity contribution in [1.82, 2.24) is 10.6 Å². The van der Waals surface area contributed by atoms with E-state index in [-0.39, 0.29) is 29.7 Å². The molecule has 6 nitrogen and oxygen atoms in total. The molecule has 2 aromatic carbocycles. The van der Waals surface area contributed by atoms with Gasteiger partial charge in [-0.3, -0.25) is 0 Å². The Morgan fingerprint density at radius 3 is 2.38 bits per heavy atom. The van der Waals surface area contributed by atoms with Crippen LogP contribution in [0.1, 0.15) is 31.4 Å². The van der Waals surface area contributed by atoms with Gasteiger partial charge < -0.3 is 25.2 Å². The molecule has 0 radical (unpaired) electrons. The second-order valence-corrected chi connectivity index (χ2v) is 6.31. The number of hydrogen-bond acceptors (Lipinski definition) is 4. The van der Waals surface area contributed by atoms with Gasteiger partial charge in [-0.1, -0.05) is 18.2 Å². The molecule has 0 fully saturated rings. The van der Waals surface area contributed by atoms with Crippen molar-refractivity contribution >= 4 is 29.9 Å². The largest absolute Gasteiger partial charge is 0.508 e. The molecule has 0 amide bonds. The number of halogens is 1. The van der Waals surface area contributed by atoms with Gasteiger partial charge in [-0.15, -0.1) is 24.0 Å². The Kier molecular flexibility index (Phi) is 11.9. The predicted molar refractivity (Wildman–Crippen MR) is 129 cm³/mol. The Morgan fingerprint density at radius 1 is 1.00 bits per heavy atom. The summed E-state index contributed by atoms with van der Waals surface area (Å²) in [5, 5.41) is 16.0. The zero-order valence-electron chi connectivity index (χ0n) is 17.4. The second kappa shape index (κ2) is 13.9. The van der Waals surface area contributed by atoms with Gasteiger partial charge in [0.05, 0.1) is 20.3 Å². The first kappa shape index (κ1) is 24.9. The van der Waals surface area contributed by atoms with Crippen molar-refractivity contribution in [1.29, 1.82) is 0 Å². The van der Waals surface area contributed by atoms with Gasteiger partial charge in [-0.25, -0.2) is 4.99 Å². The molecule has 160 valence electrons. The number of rotatable bonds is 10. The number of benzene rings is 2.